The summed E-state index contributed by atoms with van der Waals surface area (Å²) < 4.78 is 5.21. The number of nitro groups is 1. The predicted molar refractivity (Wildman–Crippen MR) is 131 cm³/mol. The molecule has 0 spiro atoms. The van der Waals surface area contributed by atoms with Crippen molar-refractivity contribution in [2.24, 2.45) is 0 Å². The molecule has 0 aliphatic carbocycles. The second kappa shape index (κ2) is 9.65. The zero-order valence-corrected chi connectivity index (χ0v) is 19.6. The largest absolute Gasteiger partial charge is 0.452 e. The summed E-state index contributed by atoms with van der Waals surface area (Å²) in [6.07, 6.45) is 1.26. The van der Waals surface area contributed by atoms with Crippen molar-refractivity contribution in [1.82, 2.24) is 4.90 Å². The molecule has 3 aromatic carbocycles. The van der Waals surface area contributed by atoms with Crippen LogP contribution in [0.1, 0.15) is 48.6 Å². The highest BCUT2D eigenvalue weighted by atomic mass is 16.6. The Morgan fingerprint density at radius 1 is 0.946 bits per heavy atom. The summed E-state index contributed by atoms with van der Waals surface area (Å²) in [6.45, 7) is 0.00639. The third kappa shape index (κ3) is 4.56. The Morgan fingerprint density at radius 2 is 1.62 bits per heavy atom. The molecular weight excluding hydrogens is 478 g/mol. The predicted octanol–water partition coefficient (Wildman–Crippen LogP) is 3.53. The van der Waals surface area contributed by atoms with Gasteiger partial charge in [-0.25, -0.2) is 4.79 Å². The Morgan fingerprint density at radius 3 is 2.27 bits per heavy atom. The van der Waals surface area contributed by atoms with Crippen LogP contribution in [0.3, 0.4) is 0 Å². The molecule has 0 unspecified atom stereocenters. The van der Waals surface area contributed by atoms with Gasteiger partial charge in [-0.1, -0.05) is 24.3 Å². The SMILES string of the molecule is O=C(OCC(=O)N1CCCc2cc([N+](=O)[O-])ccc21)c1ccc(CN2C(=O)c3ccccc3C2=O)cc1. The molecule has 10 heteroatoms. The molecule has 0 bridgehead atoms. The van der Waals surface area contributed by atoms with Gasteiger partial charge in [0, 0.05) is 24.4 Å². The Bertz CT molecular complexity index is 1410. The van der Waals surface area contributed by atoms with Gasteiger partial charge in [-0.15, -0.1) is 0 Å². The maximum absolute atomic E-state index is 12.8. The van der Waals surface area contributed by atoms with E-state index < -0.39 is 23.4 Å². The fraction of sp³-hybridized carbons (Fsp3) is 0.185. The number of amides is 3. The number of non-ortho nitro benzene ring substituents is 1. The second-order valence-corrected chi connectivity index (χ2v) is 8.73. The maximum atomic E-state index is 12.8. The van der Waals surface area contributed by atoms with Crippen LogP contribution < -0.4 is 4.90 Å². The van der Waals surface area contributed by atoms with Crippen LogP contribution in [0, 0.1) is 10.1 Å². The summed E-state index contributed by atoms with van der Waals surface area (Å²) in [5, 5.41) is 11.0. The number of benzene rings is 3. The summed E-state index contributed by atoms with van der Waals surface area (Å²) in [7, 11) is 0. The van der Waals surface area contributed by atoms with E-state index in [1.807, 2.05) is 0 Å². The van der Waals surface area contributed by atoms with E-state index in [0.29, 0.717) is 47.3 Å². The Hall–Kier alpha value is -4.86. The number of fused-ring (bicyclic) bond motifs is 2. The van der Waals surface area contributed by atoms with E-state index in [9.17, 15) is 29.3 Å². The lowest BCUT2D eigenvalue weighted by molar-refractivity contribution is -0.384. The van der Waals surface area contributed by atoms with E-state index in [-0.39, 0.29) is 29.6 Å². The minimum Gasteiger partial charge on any atom is -0.452 e. The lowest BCUT2D eigenvalue weighted by Crippen LogP contribution is -2.38. The van der Waals surface area contributed by atoms with Crippen LogP contribution in [-0.2, 0) is 22.5 Å². The normalized spacial score (nSPS) is 14.3. The summed E-state index contributed by atoms with van der Waals surface area (Å²) in [5.74, 6) is -1.85. The van der Waals surface area contributed by atoms with Gasteiger partial charge < -0.3 is 9.64 Å². The molecule has 2 aliphatic heterocycles. The van der Waals surface area contributed by atoms with Crippen molar-refractivity contribution >= 4 is 35.1 Å². The highest BCUT2D eigenvalue weighted by Gasteiger charge is 2.35. The molecule has 2 aliphatic rings. The van der Waals surface area contributed by atoms with Crippen LogP contribution in [-0.4, -0.2) is 46.7 Å². The monoisotopic (exact) mass is 499 g/mol. The van der Waals surface area contributed by atoms with Crippen LogP contribution in [0.2, 0.25) is 0 Å². The fourth-order valence-electron chi connectivity index (χ4n) is 4.56. The van der Waals surface area contributed by atoms with Gasteiger partial charge in [0.1, 0.15) is 0 Å². The molecule has 37 heavy (non-hydrogen) atoms. The smallest absolute Gasteiger partial charge is 0.338 e. The summed E-state index contributed by atoms with van der Waals surface area (Å²) in [6, 6.07) is 17.2. The second-order valence-electron chi connectivity index (χ2n) is 8.73. The molecule has 186 valence electrons. The van der Waals surface area contributed by atoms with Crippen LogP contribution >= 0.6 is 0 Å². The van der Waals surface area contributed by atoms with Gasteiger partial charge in [0.2, 0.25) is 0 Å². The van der Waals surface area contributed by atoms with Gasteiger partial charge in [-0.3, -0.25) is 29.4 Å². The van der Waals surface area contributed by atoms with E-state index in [1.165, 1.54) is 29.2 Å². The van der Waals surface area contributed by atoms with Crippen molar-refractivity contribution in [2.75, 3.05) is 18.1 Å². The Balaban J connectivity index is 1.19. The van der Waals surface area contributed by atoms with E-state index >= 15 is 0 Å². The van der Waals surface area contributed by atoms with Crippen molar-refractivity contribution in [3.8, 4) is 0 Å². The lowest BCUT2D eigenvalue weighted by atomic mass is 10.0. The minimum absolute atomic E-state index is 0.0362. The lowest BCUT2D eigenvalue weighted by Gasteiger charge is -2.29. The highest BCUT2D eigenvalue weighted by Crippen LogP contribution is 2.30. The van der Waals surface area contributed by atoms with E-state index in [2.05, 4.69) is 0 Å². The van der Waals surface area contributed by atoms with Crippen LogP contribution in [0.25, 0.3) is 0 Å². The van der Waals surface area contributed by atoms with Gasteiger partial charge in [-0.05, 0) is 54.3 Å². The first-order chi connectivity index (χ1) is 17.8. The third-order valence-electron chi connectivity index (χ3n) is 6.43. The number of hydrogen-bond donors (Lipinski definition) is 0. The first kappa shape index (κ1) is 23.9. The summed E-state index contributed by atoms with van der Waals surface area (Å²) in [4.78, 5) is 63.6. The number of ether oxygens (including phenoxy) is 1. The number of imide groups is 1. The maximum Gasteiger partial charge on any atom is 0.338 e. The fourth-order valence-corrected chi connectivity index (χ4v) is 4.56. The molecule has 0 saturated heterocycles. The Kier molecular flexibility index (Phi) is 6.22. The molecule has 10 nitrogen and oxygen atoms in total. The van der Waals surface area contributed by atoms with Crippen molar-refractivity contribution in [3.63, 3.8) is 0 Å². The highest BCUT2D eigenvalue weighted by molar-refractivity contribution is 6.21. The number of aryl methyl sites for hydroxylation is 1. The first-order valence-corrected chi connectivity index (χ1v) is 11.6. The van der Waals surface area contributed by atoms with Crippen molar-refractivity contribution in [1.29, 1.82) is 0 Å². The molecule has 0 atom stereocenters. The molecule has 5 rings (SSSR count). The quantitative estimate of drug-likeness (QED) is 0.220. The molecule has 3 aromatic rings. The van der Waals surface area contributed by atoms with Crippen molar-refractivity contribution in [3.05, 3.63) is 105 Å². The number of rotatable bonds is 6. The molecule has 2 heterocycles. The topological polar surface area (TPSA) is 127 Å². The first-order valence-electron chi connectivity index (χ1n) is 11.6. The molecular formula is C27H21N3O7. The average molecular weight is 499 g/mol. The van der Waals surface area contributed by atoms with E-state index in [1.54, 1.807) is 42.5 Å². The number of hydrogen-bond acceptors (Lipinski definition) is 7. The third-order valence-corrected chi connectivity index (χ3v) is 6.43. The molecule has 0 saturated carbocycles. The van der Waals surface area contributed by atoms with E-state index in [0.717, 1.165) is 4.90 Å². The van der Waals surface area contributed by atoms with Gasteiger partial charge in [-0.2, -0.15) is 0 Å². The molecule has 0 aromatic heterocycles. The average Bonchev–Trinajstić information content (AvgIpc) is 3.16. The van der Waals surface area contributed by atoms with Gasteiger partial charge in [0.05, 0.1) is 28.2 Å². The standard InChI is InChI=1S/C27H21N3O7/c31-24(28-13-3-4-19-14-20(30(35)36)11-12-23(19)28)16-37-27(34)18-9-7-17(8-10-18)15-29-25(32)21-5-1-2-6-22(21)26(29)33/h1-2,5-12,14H,3-4,13,15-16H2. The number of anilines is 1. The molecule has 0 N–H and O–H groups in total. The number of esters is 1. The zero-order chi connectivity index (χ0) is 26.1. The van der Waals surface area contributed by atoms with E-state index in [4.69, 9.17) is 4.74 Å². The number of nitrogens with zero attached hydrogens (tertiary/aromatic N) is 3. The van der Waals surface area contributed by atoms with Crippen LogP contribution in [0.5, 0.6) is 0 Å². The molecule has 0 fully saturated rings. The number of carbonyl (C=O) groups is 4. The van der Waals surface area contributed by atoms with Gasteiger partial charge in [0.25, 0.3) is 23.4 Å². The van der Waals surface area contributed by atoms with Crippen molar-refractivity contribution < 1.29 is 28.8 Å². The Labute approximate surface area is 211 Å². The van der Waals surface area contributed by atoms with Crippen LogP contribution in [0.15, 0.2) is 66.7 Å². The minimum atomic E-state index is -0.693. The molecule has 3 amide bonds. The van der Waals surface area contributed by atoms with Gasteiger partial charge >= 0.3 is 5.97 Å². The summed E-state index contributed by atoms with van der Waals surface area (Å²) in [5.41, 5.74) is 2.85. The van der Waals surface area contributed by atoms with Crippen LogP contribution in [0.4, 0.5) is 11.4 Å². The zero-order valence-electron chi connectivity index (χ0n) is 19.6. The number of carbonyl (C=O) groups excluding carboxylic acids is 4. The molecule has 0 radical (unpaired) electrons. The van der Waals surface area contributed by atoms with Crippen molar-refractivity contribution in [2.45, 2.75) is 19.4 Å². The van der Waals surface area contributed by atoms with Gasteiger partial charge in [0.15, 0.2) is 6.61 Å². The summed E-state index contributed by atoms with van der Waals surface area (Å²) >= 11 is 0. The number of nitro benzene ring substituents is 1.